The lowest BCUT2D eigenvalue weighted by atomic mass is 9.80. The number of rotatable bonds is 11. The molecule has 0 aliphatic rings. The predicted molar refractivity (Wildman–Crippen MR) is 179 cm³/mol. The maximum Gasteiger partial charge on any atom is 0.277 e. The molecule has 0 aromatic heterocycles. The maximum absolute atomic E-state index is 11.5. The Bertz CT molecular complexity index is 1820. The van der Waals surface area contributed by atoms with Gasteiger partial charge in [0.2, 0.25) is 0 Å². The lowest BCUT2D eigenvalue weighted by Crippen LogP contribution is -2.38. The van der Waals surface area contributed by atoms with Crippen LogP contribution in [0.15, 0.2) is 162 Å². The third-order valence-electron chi connectivity index (χ3n) is 7.92. The normalized spacial score (nSPS) is 11.6. The summed E-state index contributed by atoms with van der Waals surface area (Å²) in [5.74, 6) is 0. The van der Waals surface area contributed by atoms with E-state index in [1.54, 1.807) is 18.2 Å². The molecule has 0 spiro atoms. The van der Waals surface area contributed by atoms with Crippen LogP contribution in [0, 0.1) is 10.1 Å². The lowest BCUT2D eigenvalue weighted by Gasteiger charge is -2.38. The van der Waals surface area contributed by atoms with E-state index in [-0.39, 0.29) is 10.6 Å². The predicted octanol–water partition coefficient (Wildman–Crippen LogP) is 9.96. The van der Waals surface area contributed by atoms with E-state index >= 15 is 0 Å². The largest absolute Gasteiger partial charge is 0.349 e. The number of hydrogen-bond acceptors (Lipinski definition) is 6. The zero-order valence-corrected chi connectivity index (χ0v) is 24.9. The van der Waals surface area contributed by atoms with Crippen molar-refractivity contribution in [3.05, 3.63) is 178 Å². The van der Waals surface area contributed by atoms with E-state index in [9.17, 15) is 10.1 Å². The third kappa shape index (κ3) is 6.07. The van der Waals surface area contributed by atoms with E-state index < -0.39 is 5.60 Å². The van der Waals surface area contributed by atoms with Crippen molar-refractivity contribution in [1.29, 1.82) is 0 Å². The van der Waals surface area contributed by atoms with Gasteiger partial charge in [-0.2, -0.15) is 5.11 Å². The molecule has 0 heterocycles. The second kappa shape index (κ2) is 13.3. The highest BCUT2D eigenvalue weighted by Crippen LogP contribution is 2.41. The van der Waals surface area contributed by atoms with Gasteiger partial charge in [-0.15, -0.1) is 5.11 Å². The number of nitrogens with zero attached hydrogens (tertiary/aromatic N) is 4. The van der Waals surface area contributed by atoms with Crippen LogP contribution in [0.25, 0.3) is 10.8 Å². The lowest BCUT2D eigenvalue weighted by molar-refractivity contribution is -0.383. The standard InChI is InChI=1S/C38H32N4O3/c1-2-41(28-45-38(29-14-6-3-7-15-29,30-16-8-4-9-17-30)31-18-10-5-11-19-31)33-24-22-32(23-25-33)39-40-36-26-27-37(42(43)44)35-21-13-12-20-34(35)36/h3-27H,2,28H2,1H3. The van der Waals surface area contributed by atoms with Gasteiger partial charge < -0.3 is 9.64 Å². The zero-order chi connectivity index (χ0) is 31.1. The number of nitro benzene ring substituents is 1. The number of azo groups is 1. The molecule has 0 fully saturated rings. The monoisotopic (exact) mass is 592 g/mol. The Labute approximate surface area is 262 Å². The van der Waals surface area contributed by atoms with Crippen LogP contribution in [-0.2, 0) is 10.3 Å². The molecule has 0 aliphatic carbocycles. The van der Waals surface area contributed by atoms with Gasteiger partial charge in [0.05, 0.1) is 21.7 Å². The van der Waals surface area contributed by atoms with E-state index in [1.807, 2.05) is 91.0 Å². The summed E-state index contributed by atoms with van der Waals surface area (Å²) in [7, 11) is 0. The minimum Gasteiger partial charge on any atom is -0.349 e. The fraction of sp³-hybridized carbons (Fsp3) is 0.105. The molecular weight excluding hydrogens is 560 g/mol. The fourth-order valence-corrected chi connectivity index (χ4v) is 5.65. The summed E-state index contributed by atoms with van der Waals surface area (Å²) >= 11 is 0. The molecule has 6 aromatic carbocycles. The summed E-state index contributed by atoms with van der Waals surface area (Å²) in [6.07, 6.45) is 0. The van der Waals surface area contributed by atoms with Crippen LogP contribution < -0.4 is 4.90 Å². The SMILES string of the molecule is CCN(COC(c1ccccc1)(c1ccccc1)c1ccccc1)c1ccc(N=Nc2ccc([N+](=O)[O-])c3ccccc23)cc1. The van der Waals surface area contributed by atoms with Gasteiger partial charge in [-0.05, 0) is 60.0 Å². The second-order valence-electron chi connectivity index (χ2n) is 10.5. The van der Waals surface area contributed by atoms with Crippen LogP contribution in [0.3, 0.4) is 0 Å². The Morgan fingerprint density at radius 1 is 0.644 bits per heavy atom. The van der Waals surface area contributed by atoms with Crippen LogP contribution in [0.1, 0.15) is 23.6 Å². The van der Waals surface area contributed by atoms with Crippen molar-refractivity contribution in [3.8, 4) is 0 Å². The van der Waals surface area contributed by atoms with Crippen LogP contribution >= 0.6 is 0 Å². The Balaban J connectivity index is 1.28. The van der Waals surface area contributed by atoms with Crippen molar-refractivity contribution in [3.63, 3.8) is 0 Å². The molecule has 222 valence electrons. The summed E-state index contributed by atoms with van der Waals surface area (Å²) in [6.45, 7) is 3.17. The molecule has 0 atom stereocenters. The molecule has 0 N–H and O–H groups in total. The Morgan fingerprint density at radius 2 is 1.16 bits per heavy atom. The van der Waals surface area contributed by atoms with Crippen LogP contribution in [0.4, 0.5) is 22.7 Å². The molecule has 7 heteroatoms. The van der Waals surface area contributed by atoms with Gasteiger partial charge in [0.15, 0.2) is 0 Å². The van der Waals surface area contributed by atoms with Crippen LogP contribution in [0.5, 0.6) is 0 Å². The van der Waals surface area contributed by atoms with Gasteiger partial charge in [0, 0.05) is 23.7 Å². The highest BCUT2D eigenvalue weighted by Gasteiger charge is 2.38. The molecule has 6 rings (SSSR count). The summed E-state index contributed by atoms with van der Waals surface area (Å²) in [6, 6.07) is 49.1. The Kier molecular flexibility index (Phi) is 8.71. The number of anilines is 1. The summed E-state index contributed by atoms with van der Waals surface area (Å²) in [5.41, 5.74) is 4.60. The van der Waals surface area contributed by atoms with Crippen molar-refractivity contribution < 1.29 is 9.66 Å². The number of hydrogen-bond donors (Lipinski definition) is 0. The molecule has 45 heavy (non-hydrogen) atoms. The fourth-order valence-electron chi connectivity index (χ4n) is 5.65. The maximum atomic E-state index is 11.5. The molecule has 0 saturated carbocycles. The zero-order valence-electron chi connectivity index (χ0n) is 24.9. The first kappa shape index (κ1) is 29.4. The summed E-state index contributed by atoms with van der Waals surface area (Å²) in [5, 5.41) is 21.6. The molecule has 0 amide bonds. The van der Waals surface area contributed by atoms with E-state index in [1.165, 1.54) is 6.07 Å². The van der Waals surface area contributed by atoms with Crippen molar-refractivity contribution in [1.82, 2.24) is 0 Å². The first-order chi connectivity index (χ1) is 22.1. The molecular formula is C38H32N4O3. The molecule has 0 radical (unpaired) electrons. The van der Waals surface area contributed by atoms with Crippen LogP contribution in [-0.4, -0.2) is 18.2 Å². The van der Waals surface area contributed by atoms with Crippen molar-refractivity contribution in [2.75, 3.05) is 18.2 Å². The molecule has 0 bridgehead atoms. The number of non-ortho nitro benzene ring substituents is 1. The minimum absolute atomic E-state index is 0.0478. The molecule has 0 unspecified atom stereocenters. The molecule has 0 saturated heterocycles. The Morgan fingerprint density at radius 3 is 1.67 bits per heavy atom. The Hall–Kier alpha value is -5.66. The number of fused-ring (bicyclic) bond motifs is 1. The van der Waals surface area contributed by atoms with Crippen LogP contribution in [0.2, 0.25) is 0 Å². The van der Waals surface area contributed by atoms with Crippen molar-refractivity contribution in [2.24, 2.45) is 10.2 Å². The van der Waals surface area contributed by atoms with E-state index in [4.69, 9.17) is 4.74 Å². The summed E-state index contributed by atoms with van der Waals surface area (Å²) < 4.78 is 7.03. The number of nitro groups is 1. The quantitative estimate of drug-likeness (QED) is 0.0493. The minimum atomic E-state index is -0.821. The van der Waals surface area contributed by atoms with Gasteiger partial charge in [-0.25, -0.2) is 0 Å². The number of ether oxygens (including phenoxy) is 1. The van der Waals surface area contributed by atoms with Gasteiger partial charge in [-0.3, -0.25) is 10.1 Å². The third-order valence-corrected chi connectivity index (χ3v) is 7.92. The van der Waals surface area contributed by atoms with Gasteiger partial charge in [0.25, 0.3) is 5.69 Å². The highest BCUT2D eigenvalue weighted by molar-refractivity contribution is 5.98. The molecule has 7 nitrogen and oxygen atoms in total. The molecule has 6 aromatic rings. The first-order valence-electron chi connectivity index (χ1n) is 14.8. The topological polar surface area (TPSA) is 80.3 Å². The van der Waals surface area contributed by atoms with E-state index in [2.05, 4.69) is 58.5 Å². The van der Waals surface area contributed by atoms with Gasteiger partial charge in [0.1, 0.15) is 12.3 Å². The average Bonchev–Trinajstić information content (AvgIpc) is 3.10. The van der Waals surface area contributed by atoms with Gasteiger partial charge in [-0.1, -0.05) is 109 Å². The van der Waals surface area contributed by atoms with Crippen molar-refractivity contribution >= 4 is 33.5 Å². The second-order valence-corrected chi connectivity index (χ2v) is 10.5. The first-order valence-corrected chi connectivity index (χ1v) is 14.8. The average molecular weight is 593 g/mol. The number of benzene rings is 6. The highest BCUT2D eigenvalue weighted by atomic mass is 16.6. The smallest absolute Gasteiger partial charge is 0.277 e. The summed E-state index contributed by atoms with van der Waals surface area (Å²) in [4.78, 5) is 13.3. The van der Waals surface area contributed by atoms with Crippen molar-refractivity contribution in [2.45, 2.75) is 12.5 Å². The van der Waals surface area contributed by atoms with E-state index in [0.29, 0.717) is 28.9 Å². The van der Waals surface area contributed by atoms with Gasteiger partial charge >= 0.3 is 0 Å². The van der Waals surface area contributed by atoms with E-state index in [0.717, 1.165) is 28.9 Å². The molecule has 0 aliphatic heterocycles.